The highest BCUT2D eigenvalue weighted by Gasteiger charge is 2.20. The zero-order valence-electron chi connectivity index (χ0n) is 20.7. The number of hydrogen-bond donors (Lipinski definition) is 0. The molecule has 0 saturated heterocycles. The van der Waals surface area contributed by atoms with E-state index in [-0.39, 0.29) is 0 Å². The highest BCUT2D eigenvalue weighted by molar-refractivity contribution is 6.15. The Bertz CT molecular complexity index is 2090. The SMILES string of the molecule is c1ccc(-c2cccc(-n3c4cc(-c5nc6ccccc6o5)ccc4c4c(-c5ncco5)cccc43)c2)nc1. The molecule has 0 bridgehead atoms. The van der Waals surface area contributed by atoms with Crippen LogP contribution in [0.3, 0.4) is 0 Å². The molecule has 4 heterocycles. The molecule has 0 atom stereocenters. The molecule has 0 amide bonds. The molecule has 0 aliphatic heterocycles. The van der Waals surface area contributed by atoms with E-state index in [1.54, 1.807) is 12.5 Å². The topological polar surface area (TPSA) is 69.9 Å². The predicted octanol–water partition coefficient (Wildman–Crippen LogP) is 8.31. The molecule has 0 radical (unpaired) electrons. The molecule has 184 valence electrons. The second-order valence-electron chi connectivity index (χ2n) is 9.36. The summed E-state index contributed by atoms with van der Waals surface area (Å²) in [7, 11) is 0. The third-order valence-electron chi connectivity index (χ3n) is 7.06. The molecule has 6 heteroatoms. The molecule has 8 rings (SSSR count). The van der Waals surface area contributed by atoms with E-state index in [4.69, 9.17) is 13.8 Å². The second kappa shape index (κ2) is 8.53. The number of aromatic nitrogens is 4. The fourth-order valence-electron chi connectivity index (χ4n) is 5.35. The average molecular weight is 505 g/mol. The van der Waals surface area contributed by atoms with E-state index in [1.165, 1.54) is 0 Å². The van der Waals surface area contributed by atoms with E-state index in [9.17, 15) is 0 Å². The summed E-state index contributed by atoms with van der Waals surface area (Å²) in [6, 6.07) is 34.8. The number of nitrogens with zero attached hydrogens (tertiary/aromatic N) is 4. The molecule has 6 nitrogen and oxygen atoms in total. The van der Waals surface area contributed by atoms with Crippen LogP contribution in [0.2, 0.25) is 0 Å². The molecule has 0 unspecified atom stereocenters. The van der Waals surface area contributed by atoms with E-state index in [0.29, 0.717) is 11.8 Å². The van der Waals surface area contributed by atoms with Gasteiger partial charge in [0.2, 0.25) is 11.8 Å². The summed E-state index contributed by atoms with van der Waals surface area (Å²) >= 11 is 0. The lowest BCUT2D eigenvalue weighted by atomic mass is 10.0. The Labute approximate surface area is 222 Å². The lowest BCUT2D eigenvalue weighted by molar-refractivity contribution is 0.575. The summed E-state index contributed by atoms with van der Waals surface area (Å²) in [4.78, 5) is 13.8. The Hall–Kier alpha value is -5.49. The van der Waals surface area contributed by atoms with Gasteiger partial charge < -0.3 is 13.4 Å². The Balaban J connectivity index is 1.43. The minimum atomic E-state index is 0.588. The number of benzene rings is 4. The van der Waals surface area contributed by atoms with Crippen LogP contribution in [-0.4, -0.2) is 19.5 Å². The van der Waals surface area contributed by atoms with Gasteiger partial charge in [0.25, 0.3) is 0 Å². The molecule has 8 aromatic rings. The first-order chi connectivity index (χ1) is 19.3. The van der Waals surface area contributed by atoms with Crippen molar-refractivity contribution in [1.29, 1.82) is 0 Å². The van der Waals surface area contributed by atoms with E-state index in [2.05, 4.69) is 69.1 Å². The Morgan fingerprint density at radius 2 is 1.56 bits per heavy atom. The van der Waals surface area contributed by atoms with Crippen LogP contribution in [0.4, 0.5) is 0 Å². The molecule has 0 fully saturated rings. The first-order valence-electron chi connectivity index (χ1n) is 12.7. The first-order valence-corrected chi connectivity index (χ1v) is 12.7. The summed E-state index contributed by atoms with van der Waals surface area (Å²) in [5.41, 5.74) is 8.52. The fraction of sp³-hybridized carbons (Fsp3) is 0. The van der Waals surface area contributed by atoms with Crippen LogP contribution >= 0.6 is 0 Å². The highest BCUT2D eigenvalue weighted by atomic mass is 16.3. The average Bonchev–Trinajstić information content (AvgIpc) is 3.75. The number of oxazole rings is 2. The maximum absolute atomic E-state index is 6.13. The second-order valence-corrected chi connectivity index (χ2v) is 9.36. The smallest absolute Gasteiger partial charge is 0.227 e. The minimum absolute atomic E-state index is 0.588. The summed E-state index contributed by atoms with van der Waals surface area (Å²) in [5.74, 6) is 1.18. The van der Waals surface area contributed by atoms with Crippen LogP contribution < -0.4 is 0 Å². The maximum atomic E-state index is 6.13. The van der Waals surface area contributed by atoms with Gasteiger partial charge in [0.05, 0.1) is 22.9 Å². The molecule has 0 aliphatic carbocycles. The first kappa shape index (κ1) is 21.6. The van der Waals surface area contributed by atoms with Crippen molar-refractivity contribution in [3.05, 3.63) is 122 Å². The van der Waals surface area contributed by atoms with Crippen molar-refractivity contribution in [3.8, 4) is 39.9 Å². The van der Waals surface area contributed by atoms with Crippen molar-refractivity contribution in [3.63, 3.8) is 0 Å². The summed E-state index contributed by atoms with van der Waals surface area (Å²) in [6.07, 6.45) is 5.10. The third kappa shape index (κ3) is 3.46. The van der Waals surface area contributed by atoms with Crippen molar-refractivity contribution in [2.24, 2.45) is 0 Å². The number of pyridine rings is 1. The monoisotopic (exact) mass is 504 g/mol. The van der Waals surface area contributed by atoms with Crippen LogP contribution in [0.15, 0.2) is 131 Å². The van der Waals surface area contributed by atoms with Gasteiger partial charge in [-0.1, -0.05) is 42.5 Å². The molecule has 0 spiro atoms. The molecule has 4 aromatic heterocycles. The van der Waals surface area contributed by atoms with Gasteiger partial charge in [-0.2, -0.15) is 0 Å². The molecule has 0 N–H and O–H groups in total. The molecule has 4 aromatic carbocycles. The van der Waals surface area contributed by atoms with E-state index < -0.39 is 0 Å². The Morgan fingerprint density at radius 3 is 2.44 bits per heavy atom. The van der Waals surface area contributed by atoms with Crippen LogP contribution in [0.1, 0.15) is 0 Å². The van der Waals surface area contributed by atoms with Crippen molar-refractivity contribution in [2.45, 2.75) is 0 Å². The third-order valence-corrected chi connectivity index (χ3v) is 7.06. The number of rotatable bonds is 4. The zero-order valence-corrected chi connectivity index (χ0v) is 20.7. The highest BCUT2D eigenvalue weighted by Crippen LogP contribution is 2.40. The number of para-hydroxylation sites is 2. The van der Waals surface area contributed by atoms with Crippen molar-refractivity contribution < 1.29 is 8.83 Å². The van der Waals surface area contributed by atoms with E-state index >= 15 is 0 Å². The van der Waals surface area contributed by atoms with Crippen LogP contribution in [0.25, 0.3) is 72.8 Å². The van der Waals surface area contributed by atoms with Crippen molar-refractivity contribution in [2.75, 3.05) is 0 Å². The van der Waals surface area contributed by atoms with Crippen LogP contribution in [0, 0.1) is 0 Å². The fourth-order valence-corrected chi connectivity index (χ4v) is 5.35. The maximum Gasteiger partial charge on any atom is 0.227 e. The van der Waals surface area contributed by atoms with E-state index in [1.807, 2.05) is 54.7 Å². The predicted molar refractivity (Wildman–Crippen MR) is 153 cm³/mol. The molecule has 39 heavy (non-hydrogen) atoms. The molecule has 0 saturated carbocycles. The minimum Gasteiger partial charge on any atom is -0.445 e. The Kier molecular flexibility index (Phi) is 4.72. The number of fused-ring (bicyclic) bond motifs is 4. The largest absolute Gasteiger partial charge is 0.445 e. The quantitative estimate of drug-likeness (QED) is 0.241. The van der Waals surface area contributed by atoms with Crippen molar-refractivity contribution >= 4 is 32.9 Å². The lowest BCUT2D eigenvalue weighted by Crippen LogP contribution is -1.95. The van der Waals surface area contributed by atoms with Gasteiger partial charge in [0.1, 0.15) is 11.8 Å². The van der Waals surface area contributed by atoms with E-state index in [0.717, 1.165) is 61.0 Å². The van der Waals surface area contributed by atoms with Gasteiger partial charge in [-0.15, -0.1) is 0 Å². The van der Waals surface area contributed by atoms with Crippen molar-refractivity contribution in [1.82, 2.24) is 19.5 Å². The molecular weight excluding hydrogens is 484 g/mol. The summed E-state index contributed by atoms with van der Waals surface area (Å²) in [5, 5.41) is 2.16. The Morgan fingerprint density at radius 1 is 0.641 bits per heavy atom. The lowest BCUT2D eigenvalue weighted by Gasteiger charge is -2.10. The van der Waals surface area contributed by atoms with Crippen LogP contribution in [-0.2, 0) is 0 Å². The summed E-state index contributed by atoms with van der Waals surface area (Å²) < 4.78 is 14.1. The molecular formula is C33H20N4O2. The van der Waals surface area contributed by atoms with Gasteiger partial charge in [-0.25, -0.2) is 9.97 Å². The van der Waals surface area contributed by atoms with Gasteiger partial charge in [0, 0.05) is 39.3 Å². The normalized spacial score (nSPS) is 11.6. The van der Waals surface area contributed by atoms with Gasteiger partial charge >= 0.3 is 0 Å². The van der Waals surface area contributed by atoms with Gasteiger partial charge in [-0.05, 0) is 60.7 Å². The van der Waals surface area contributed by atoms with Gasteiger partial charge in [0.15, 0.2) is 5.58 Å². The molecule has 0 aliphatic rings. The van der Waals surface area contributed by atoms with Crippen LogP contribution in [0.5, 0.6) is 0 Å². The van der Waals surface area contributed by atoms with Gasteiger partial charge in [-0.3, -0.25) is 4.98 Å². The number of hydrogen-bond acceptors (Lipinski definition) is 5. The summed E-state index contributed by atoms with van der Waals surface area (Å²) in [6.45, 7) is 0. The standard InChI is InChI=1S/C33H20N4O2/c1-2-13-30-27(11-1)36-32(39-30)22-14-15-24-29(20-22)37(23-8-5-7-21(19-23)26-10-3-4-16-34-26)28-12-6-9-25(31(24)28)33-35-17-18-38-33/h1-20H. The zero-order chi connectivity index (χ0) is 25.8.